The van der Waals surface area contributed by atoms with Gasteiger partial charge in [0.15, 0.2) is 0 Å². The van der Waals surface area contributed by atoms with E-state index in [0.717, 1.165) is 16.3 Å². The van der Waals surface area contributed by atoms with E-state index in [-0.39, 0.29) is 11.2 Å². The Bertz CT molecular complexity index is 581. The molecule has 0 fully saturated rings. The largest absolute Gasteiger partial charge is 0.465 e. The van der Waals surface area contributed by atoms with E-state index < -0.39 is 0 Å². The molecule has 0 aliphatic rings. The van der Waals surface area contributed by atoms with Crippen LogP contribution in [-0.2, 0) is 16.6 Å². The Morgan fingerprint density at radius 2 is 2.10 bits per heavy atom. The molecular formula is C15H18N2O2S. The molecule has 0 aliphatic carbocycles. The van der Waals surface area contributed by atoms with Crippen molar-refractivity contribution in [1.29, 1.82) is 0 Å². The first kappa shape index (κ1) is 14.7. The Morgan fingerprint density at radius 3 is 2.65 bits per heavy atom. The second kappa shape index (κ2) is 6.61. The van der Waals surface area contributed by atoms with Gasteiger partial charge in [-0.25, -0.2) is 0 Å². The highest BCUT2D eigenvalue weighted by molar-refractivity contribution is 8.00. The summed E-state index contributed by atoms with van der Waals surface area (Å²) in [5.41, 5.74) is 1.88. The van der Waals surface area contributed by atoms with Gasteiger partial charge in [0.2, 0.25) is 0 Å². The first-order valence-corrected chi connectivity index (χ1v) is 7.38. The average Bonchev–Trinajstić information content (AvgIpc) is 2.75. The molecule has 4 nitrogen and oxygen atoms in total. The predicted octanol–water partition coefficient (Wildman–Crippen LogP) is 3.13. The minimum absolute atomic E-state index is 0.220. The quantitative estimate of drug-likeness (QED) is 0.627. The smallest absolute Gasteiger partial charge is 0.324 e. The summed E-state index contributed by atoms with van der Waals surface area (Å²) in [6, 6.07) is 11.6. The zero-order chi connectivity index (χ0) is 14.5. The van der Waals surface area contributed by atoms with Crippen molar-refractivity contribution >= 4 is 17.7 Å². The lowest BCUT2D eigenvalue weighted by atomic mass is 10.1. The molecule has 1 heterocycles. The molecule has 0 aliphatic heterocycles. The van der Waals surface area contributed by atoms with Crippen LogP contribution >= 0.6 is 11.8 Å². The minimum Gasteiger partial charge on any atom is -0.465 e. The molecule has 0 amide bonds. The molecule has 1 atom stereocenters. The Balaban J connectivity index is 2.27. The monoisotopic (exact) mass is 290 g/mol. The maximum absolute atomic E-state index is 12.2. The lowest BCUT2D eigenvalue weighted by Gasteiger charge is -2.15. The van der Waals surface area contributed by atoms with Crippen LogP contribution in [0.4, 0.5) is 0 Å². The van der Waals surface area contributed by atoms with Crippen molar-refractivity contribution in [3.8, 4) is 0 Å². The molecule has 0 bridgehead atoms. The summed E-state index contributed by atoms with van der Waals surface area (Å²) < 4.78 is 6.97. The Morgan fingerprint density at radius 1 is 1.40 bits per heavy atom. The van der Waals surface area contributed by atoms with Crippen molar-refractivity contribution in [2.75, 3.05) is 6.61 Å². The number of hydrogen-bond donors (Lipinski definition) is 0. The third kappa shape index (κ3) is 3.42. The number of benzene rings is 1. The molecule has 1 aromatic heterocycles. The molecule has 0 saturated carbocycles. The van der Waals surface area contributed by atoms with Crippen molar-refractivity contribution in [2.24, 2.45) is 7.05 Å². The van der Waals surface area contributed by atoms with Crippen molar-refractivity contribution < 1.29 is 9.53 Å². The number of aromatic nitrogens is 2. The van der Waals surface area contributed by atoms with Crippen LogP contribution in [0.25, 0.3) is 0 Å². The molecule has 1 unspecified atom stereocenters. The van der Waals surface area contributed by atoms with Gasteiger partial charge in [0.05, 0.1) is 17.3 Å². The van der Waals surface area contributed by atoms with Crippen LogP contribution in [0.15, 0.2) is 41.4 Å². The molecule has 1 aromatic carbocycles. The van der Waals surface area contributed by atoms with Crippen LogP contribution in [0.1, 0.15) is 23.4 Å². The molecule has 0 N–H and O–H groups in total. The number of carbonyl (C=O) groups is 1. The van der Waals surface area contributed by atoms with Crippen LogP contribution in [0.3, 0.4) is 0 Å². The summed E-state index contributed by atoms with van der Waals surface area (Å²) in [6.45, 7) is 4.14. The van der Waals surface area contributed by atoms with Crippen LogP contribution in [-0.4, -0.2) is 22.4 Å². The fourth-order valence-electron chi connectivity index (χ4n) is 1.92. The van der Waals surface area contributed by atoms with E-state index in [1.165, 1.54) is 11.8 Å². The third-order valence-electron chi connectivity index (χ3n) is 2.80. The number of aryl methyl sites for hydroxylation is 2. The highest BCUT2D eigenvalue weighted by Crippen LogP contribution is 2.36. The molecule has 0 saturated heterocycles. The van der Waals surface area contributed by atoms with Gasteiger partial charge < -0.3 is 4.74 Å². The topological polar surface area (TPSA) is 44.1 Å². The van der Waals surface area contributed by atoms with Crippen LogP contribution in [0.5, 0.6) is 0 Å². The molecule has 106 valence electrons. The average molecular weight is 290 g/mol. The molecule has 0 radical (unpaired) electrons. The Hall–Kier alpha value is -1.75. The van der Waals surface area contributed by atoms with Crippen molar-refractivity contribution in [2.45, 2.75) is 24.1 Å². The maximum atomic E-state index is 12.2. The zero-order valence-electron chi connectivity index (χ0n) is 11.9. The van der Waals surface area contributed by atoms with Gasteiger partial charge in [-0.15, -0.1) is 0 Å². The SMILES string of the molecule is CCOC(=O)C(Sc1cc(C)nn1C)c1ccccc1. The van der Waals surface area contributed by atoms with Crippen LogP contribution < -0.4 is 0 Å². The van der Waals surface area contributed by atoms with Crippen LogP contribution in [0.2, 0.25) is 0 Å². The third-order valence-corrected chi connectivity index (χ3v) is 4.12. The van der Waals surface area contributed by atoms with Gasteiger partial charge in [0.1, 0.15) is 5.25 Å². The van der Waals surface area contributed by atoms with Crippen LogP contribution in [0, 0.1) is 6.92 Å². The van der Waals surface area contributed by atoms with E-state index in [0.29, 0.717) is 6.61 Å². The number of carbonyl (C=O) groups excluding carboxylic acids is 1. The van der Waals surface area contributed by atoms with Gasteiger partial charge in [0, 0.05) is 7.05 Å². The van der Waals surface area contributed by atoms with E-state index in [2.05, 4.69) is 5.10 Å². The second-order valence-corrected chi connectivity index (χ2v) is 5.53. The van der Waals surface area contributed by atoms with Gasteiger partial charge in [-0.1, -0.05) is 42.1 Å². The van der Waals surface area contributed by atoms with Gasteiger partial charge in [0.25, 0.3) is 0 Å². The number of hydrogen-bond acceptors (Lipinski definition) is 4. The number of nitrogens with zero attached hydrogens (tertiary/aromatic N) is 2. The van der Waals surface area contributed by atoms with Gasteiger partial charge in [-0.2, -0.15) is 5.10 Å². The minimum atomic E-state index is -0.369. The number of rotatable bonds is 5. The van der Waals surface area contributed by atoms with E-state index >= 15 is 0 Å². The molecule has 2 rings (SSSR count). The summed E-state index contributed by atoms with van der Waals surface area (Å²) >= 11 is 1.46. The predicted molar refractivity (Wildman–Crippen MR) is 79.6 cm³/mol. The molecule has 5 heteroatoms. The summed E-state index contributed by atoms with van der Waals surface area (Å²) in [5, 5.41) is 4.89. The van der Waals surface area contributed by atoms with Crippen molar-refractivity contribution in [3.05, 3.63) is 47.7 Å². The molecular weight excluding hydrogens is 272 g/mol. The highest BCUT2D eigenvalue weighted by Gasteiger charge is 2.24. The van der Waals surface area contributed by atoms with Crippen molar-refractivity contribution in [1.82, 2.24) is 9.78 Å². The zero-order valence-corrected chi connectivity index (χ0v) is 12.7. The lowest BCUT2D eigenvalue weighted by molar-refractivity contribution is -0.142. The van der Waals surface area contributed by atoms with E-state index in [9.17, 15) is 4.79 Å². The fraction of sp³-hybridized carbons (Fsp3) is 0.333. The number of thioether (sulfide) groups is 1. The highest BCUT2D eigenvalue weighted by atomic mass is 32.2. The summed E-state index contributed by atoms with van der Waals surface area (Å²) in [7, 11) is 1.88. The van der Waals surface area contributed by atoms with Gasteiger partial charge in [-0.3, -0.25) is 9.48 Å². The second-order valence-electron chi connectivity index (χ2n) is 4.41. The Labute approximate surface area is 123 Å². The van der Waals surface area contributed by atoms with Gasteiger partial charge in [-0.05, 0) is 25.5 Å². The first-order valence-electron chi connectivity index (χ1n) is 6.50. The van der Waals surface area contributed by atoms with E-state index in [1.54, 1.807) is 4.68 Å². The molecule has 0 spiro atoms. The molecule has 2 aromatic rings. The Kier molecular flexibility index (Phi) is 4.84. The van der Waals surface area contributed by atoms with E-state index in [4.69, 9.17) is 4.74 Å². The van der Waals surface area contributed by atoms with Crippen molar-refractivity contribution in [3.63, 3.8) is 0 Å². The van der Waals surface area contributed by atoms with E-state index in [1.807, 2.05) is 57.3 Å². The standard InChI is InChI=1S/C15H18N2O2S/c1-4-19-15(18)14(12-8-6-5-7-9-12)20-13-10-11(2)16-17(13)3/h5-10,14H,4H2,1-3H3. The maximum Gasteiger partial charge on any atom is 0.324 e. The molecule has 20 heavy (non-hydrogen) atoms. The first-order chi connectivity index (χ1) is 9.61. The summed E-state index contributed by atoms with van der Waals surface area (Å²) in [6.07, 6.45) is 0. The fourth-order valence-corrected chi connectivity index (χ4v) is 3.05. The lowest BCUT2D eigenvalue weighted by Crippen LogP contribution is -2.13. The van der Waals surface area contributed by atoms with Gasteiger partial charge >= 0.3 is 5.97 Å². The number of esters is 1. The number of ether oxygens (including phenoxy) is 1. The summed E-state index contributed by atoms with van der Waals surface area (Å²) in [5.74, 6) is -0.220. The summed E-state index contributed by atoms with van der Waals surface area (Å²) in [4.78, 5) is 12.2. The normalized spacial score (nSPS) is 12.2.